The van der Waals surface area contributed by atoms with Gasteiger partial charge in [0.2, 0.25) is 0 Å². The van der Waals surface area contributed by atoms with E-state index in [1.54, 1.807) is 37.3 Å². The van der Waals surface area contributed by atoms with Gasteiger partial charge in [-0.2, -0.15) is 0 Å². The third-order valence-electron chi connectivity index (χ3n) is 3.95. The van der Waals surface area contributed by atoms with E-state index in [9.17, 15) is 14.9 Å². The Bertz CT molecular complexity index is 1130. The Morgan fingerprint density at radius 2 is 1.93 bits per heavy atom. The lowest BCUT2D eigenvalue weighted by atomic mass is 10.2. The zero-order valence-electron chi connectivity index (χ0n) is 14.9. The van der Waals surface area contributed by atoms with Crippen LogP contribution in [0.25, 0.3) is 11.3 Å². The number of nitrogens with zero attached hydrogens (tertiary/aromatic N) is 1. The number of non-ortho nitro benzene ring substituents is 1. The third-order valence-corrected chi connectivity index (χ3v) is 4.98. The minimum Gasteiger partial charge on any atom is -0.451 e. The standard InChI is InChI=1S/C19H13Cl2N3O4S/c1-10-5-6-11(24(26)27)9-14(10)22-19(29)23-18(25)16-8-7-15(28-16)12-3-2-4-13(20)17(12)21/h2-9H,1H3,(H2,22,23,25,29). The number of hydrogen-bond acceptors (Lipinski definition) is 5. The second-order valence-electron chi connectivity index (χ2n) is 5.93. The van der Waals surface area contributed by atoms with Crippen LogP contribution in [0.1, 0.15) is 16.1 Å². The number of furan rings is 1. The molecule has 2 N–H and O–H groups in total. The Kier molecular flexibility index (Phi) is 6.17. The largest absolute Gasteiger partial charge is 0.451 e. The first-order chi connectivity index (χ1) is 13.8. The highest BCUT2D eigenvalue weighted by Crippen LogP contribution is 2.34. The number of carbonyl (C=O) groups is 1. The number of aryl methyl sites for hydroxylation is 1. The van der Waals surface area contributed by atoms with Crippen LogP contribution < -0.4 is 10.6 Å². The first-order valence-electron chi connectivity index (χ1n) is 8.18. The van der Waals surface area contributed by atoms with Crippen molar-refractivity contribution in [3.63, 3.8) is 0 Å². The SMILES string of the molecule is Cc1ccc([N+](=O)[O-])cc1NC(=S)NC(=O)c1ccc(-c2cccc(Cl)c2Cl)o1. The molecule has 1 amide bonds. The molecule has 3 rings (SSSR count). The monoisotopic (exact) mass is 449 g/mol. The second kappa shape index (κ2) is 8.60. The normalized spacial score (nSPS) is 10.4. The number of benzene rings is 2. The van der Waals surface area contributed by atoms with Crippen molar-refractivity contribution in [2.45, 2.75) is 6.92 Å². The van der Waals surface area contributed by atoms with Crippen molar-refractivity contribution < 1.29 is 14.1 Å². The Hall–Kier alpha value is -2.94. The maximum Gasteiger partial charge on any atom is 0.293 e. The highest BCUT2D eigenvalue weighted by molar-refractivity contribution is 7.80. The van der Waals surface area contributed by atoms with Crippen LogP contribution in [0.15, 0.2) is 52.9 Å². The van der Waals surface area contributed by atoms with Crippen molar-refractivity contribution in [2.24, 2.45) is 0 Å². The van der Waals surface area contributed by atoms with Crippen LogP contribution in [0.3, 0.4) is 0 Å². The van der Waals surface area contributed by atoms with E-state index in [1.807, 2.05) is 0 Å². The first-order valence-corrected chi connectivity index (χ1v) is 9.34. The van der Waals surface area contributed by atoms with E-state index in [4.69, 9.17) is 39.8 Å². The zero-order valence-corrected chi connectivity index (χ0v) is 17.2. The fourth-order valence-corrected chi connectivity index (χ4v) is 3.07. The number of carbonyl (C=O) groups excluding carboxylic acids is 1. The van der Waals surface area contributed by atoms with E-state index in [0.29, 0.717) is 27.1 Å². The molecule has 29 heavy (non-hydrogen) atoms. The van der Waals surface area contributed by atoms with Gasteiger partial charge in [0.15, 0.2) is 10.9 Å². The van der Waals surface area contributed by atoms with Crippen molar-refractivity contribution in [1.82, 2.24) is 5.32 Å². The van der Waals surface area contributed by atoms with Crippen LogP contribution >= 0.6 is 35.4 Å². The molecular formula is C19H13Cl2N3O4S. The van der Waals surface area contributed by atoms with Gasteiger partial charge in [-0.1, -0.05) is 35.3 Å². The van der Waals surface area contributed by atoms with E-state index < -0.39 is 10.8 Å². The summed E-state index contributed by atoms with van der Waals surface area (Å²) in [6.45, 7) is 1.75. The molecule has 0 saturated carbocycles. The quantitative estimate of drug-likeness (QED) is 0.305. The van der Waals surface area contributed by atoms with Gasteiger partial charge in [0.1, 0.15) is 5.76 Å². The smallest absolute Gasteiger partial charge is 0.293 e. The predicted octanol–water partition coefficient (Wildman–Crippen LogP) is 5.60. The molecule has 0 aliphatic rings. The van der Waals surface area contributed by atoms with E-state index >= 15 is 0 Å². The van der Waals surface area contributed by atoms with E-state index in [2.05, 4.69) is 10.6 Å². The summed E-state index contributed by atoms with van der Waals surface area (Å²) >= 11 is 17.3. The molecule has 148 valence electrons. The molecule has 0 atom stereocenters. The first kappa shape index (κ1) is 20.8. The number of thiocarbonyl (C=S) groups is 1. The Morgan fingerprint density at radius 1 is 1.17 bits per heavy atom. The molecule has 0 bridgehead atoms. The zero-order chi connectivity index (χ0) is 21.1. The molecule has 3 aromatic rings. The molecule has 0 aliphatic heterocycles. The van der Waals surface area contributed by atoms with Gasteiger partial charge in [-0.15, -0.1) is 0 Å². The Balaban J connectivity index is 1.72. The summed E-state index contributed by atoms with van der Waals surface area (Å²) in [5, 5.41) is 16.8. The summed E-state index contributed by atoms with van der Waals surface area (Å²) in [5.41, 5.74) is 1.59. The van der Waals surface area contributed by atoms with Crippen LogP contribution in [0, 0.1) is 17.0 Å². The number of amides is 1. The summed E-state index contributed by atoms with van der Waals surface area (Å²) in [5.74, 6) is -0.206. The van der Waals surface area contributed by atoms with Gasteiger partial charge in [0.05, 0.1) is 15.0 Å². The molecule has 0 fully saturated rings. The number of halogens is 2. The molecule has 0 radical (unpaired) electrons. The highest BCUT2D eigenvalue weighted by atomic mass is 35.5. The lowest BCUT2D eigenvalue weighted by Gasteiger charge is -2.11. The number of nitrogens with one attached hydrogen (secondary N) is 2. The van der Waals surface area contributed by atoms with Crippen LogP contribution in [0.2, 0.25) is 10.0 Å². The predicted molar refractivity (Wildman–Crippen MR) is 116 cm³/mol. The van der Waals surface area contributed by atoms with Gasteiger partial charge in [0.25, 0.3) is 11.6 Å². The van der Waals surface area contributed by atoms with Gasteiger partial charge in [-0.3, -0.25) is 20.2 Å². The van der Waals surface area contributed by atoms with Crippen LogP contribution in [0.5, 0.6) is 0 Å². The van der Waals surface area contributed by atoms with Crippen molar-refractivity contribution in [1.29, 1.82) is 0 Å². The van der Waals surface area contributed by atoms with Crippen molar-refractivity contribution >= 4 is 57.8 Å². The molecule has 7 nitrogen and oxygen atoms in total. The van der Waals surface area contributed by atoms with E-state index in [1.165, 1.54) is 18.2 Å². The lowest BCUT2D eigenvalue weighted by molar-refractivity contribution is -0.384. The summed E-state index contributed by atoms with van der Waals surface area (Å²) in [6, 6.07) is 12.4. The molecule has 0 aliphatic carbocycles. The van der Waals surface area contributed by atoms with Gasteiger partial charge < -0.3 is 9.73 Å². The average Bonchev–Trinajstić information content (AvgIpc) is 3.15. The second-order valence-corrected chi connectivity index (χ2v) is 7.12. The van der Waals surface area contributed by atoms with Crippen molar-refractivity contribution in [3.05, 3.63) is 80.0 Å². The Morgan fingerprint density at radius 3 is 2.66 bits per heavy atom. The van der Waals surface area contributed by atoms with Crippen LogP contribution in [-0.2, 0) is 0 Å². The molecule has 0 spiro atoms. The molecule has 2 aromatic carbocycles. The number of hydrogen-bond donors (Lipinski definition) is 2. The van der Waals surface area contributed by atoms with Gasteiger partial charge in [-0.05, 0) is 49.0 Å². The van der Waals surface area contributed by atoms with Crippen LogP contribution in [-0.4, -0.2) is 15.9 Å². The average molecular weight is 450 g/mol. The molecular weight excluding hydrogens is 437 g/mol. The molecule has 1 aromatic heterocycles. The molecule has 10 heteroatoms. The number of rotatable bonds is 4. The topological polar surface area (TPSA) is 97.4 Å². The van der Waals surface area contributed by atoms with E-state index in [0.717, 1.165) is 5.56 Å². The minimum atomic E-state index is -0.588. The van der Waals surface area contributed by atoms with Gasteiger partial charge in [0, 0.05) is 23.4 Å². The summed E-state index contributed by atoms with van der Waals surface area (Å²) < 4.78 is 5.56. The molecule has 0 unspecified atom stereocenters. The fourth-order valence-electron chi connectivity index (χ4n) is 2.48. The van der Waals surface area contributed by atoms with Crippen LogP contribution in [0.4, 0.5) is 11.4 Å². The minimum absolute atomic E-state index is 0.0101. The maximum atomic E-state index is 12.4. The number of nitro benzene ring substituents is 1. The maximum absolute atomic E-state index is 12.4. The summed E-state index contributed by atoms with van der Waals surface area (Å²) in [4.78, 5) is 22.8. The fraction of sp³-hybridized carbons (Fsp3) is 0.0526. The summed E-state index contributed by atoms with van der Waals surface area (Å²) in [7, 11) is 0. The third kappa shape index (κ3) is 4.73. The summed E-state index contributed by atoms with van der Waals surface area (Å²) in [6.07, 6.45) is 0. The van der Waals surface area contributed by atoms with Crippen molar-refractivity contribution in [2.75, 3.05) is 5.32 Å². The molecule has 0 saturated heterocycles. The number of anilines is 1. The lowest BCUT2D eigenvalue weighted by Crippen LogP contribution is -2.34. The van der Waals surface area contributed by atoms with E-state index in [-0.39, 0.29) is 16.6 Å². The highest BCUT2D eigenvalue weighted by Gasteiger charge is 2.17. The Labute approximate surface area is 180 Å². The number of nitro groups is 1. The van der Waals surface area contributed by atoms with Gasteiger partial charge in [-0.25, -0.2) is 0 Å². The van der Waals surface area contributed by atoms with Gasteiger partial charge >= 0.3 is 0 Å². The molecule has 1 heterocycles. The van der Waals surface area contributed by atoms with Crippen molar-refractivity contribution in [3.8, 4) is 11.3 Å².